The summed E-state index contributed by atoms with van der Waals surface area (Å²) < 4.78 is 6.50. The Labute approximate surface area is 166 Å². The Kier molecular flexibility index (Phi) is 4.83. The highest BCUT2D eigenvalue weighted by Gasteiger charge is 2.80. The maximum absolute atomic E-state index is 13.5. The molecule has 3 N–H and O–H groups in total. The summed E-state index contributed by atoms with van der Waals surface area (Å²) in [6.45, 7) is 10.9. The first kappa shape index (κ1) is 21.0. The lowest BCUT2D eigenvalue weighted by Gasteiger charge is -2.37. The molecule has 1 spiro atoms. The second kappa shape index (κ2) is 6.42. The van der Waals surface area contributed by atoms with Gasteiger partial charge in [-0.3, -0.25) is 14.4 Å². The Balaban J connectivity index is 2.14. The summed E-state index contributed by atoms with van der Waals surface area (Å²) in [4.78, 5) is 41.1. The topological polar surface area (TPSA) is 108 Å². The molecule has 3 saturated heterocycles. The van der Waals surface area contributed by atoms with Gasteiger partial charge in [-0.25, -0.2) is 0 Å². The van der Waals surface area contributed by atoms with Gasteiger partial charge >= 0.3 is 0 Å². The van der Waals surface area contributed by atoms with E-state index in [-0.39, 0.29) is 30.2 Å². The Morgan fingerprint density at radius 3 is 2.46 bits per heavy atom. The lowest BCUT2D eigenvalue weighted by Crippen LogP contribution is -2.60. The van der Waals surface area contributed by atoms with Crippen LogP contribution in [-0.4, -0.2) is 70.2 Å². The van der Waals surface area contributed by atoms with E-state index in [2.05, 4.69) is 10.6 Å². The molecular weight excluding hydrogens is 362 g/mol. The van der Waals surface area contributed by atoms with E-state index in [9.17, 15) is 19.5 Å². The zero-order valence-corrected chi connectivity index (χ0v) is 17.8. The molecule has 3 aliphatic rings. The molecule has 0 aromatic carbocycles. The fraction of sp³-hybridized carbons (Fsp3) is 0.850. The van der Waals surface area contributed by atoms with Crippen LogP contribution in [0.25, 0.3) is 0 Å². The smallest absolute Gasteiger partial charge is 0.246 e. The van der Waals surface area contributed by atoms with Crippen LogP contribution in [0.2, 0.25) is 0 Å². The molecule has 3 unspecified atom stereocenters. The van der Waals surface area contributed by atoms with E-state index >= 15 is 0 Å². The van der Waals surface area contributed by atoms with Crippen molar-refractivity contribution in [3.63, 3.8) is 0 Å². The summed E-state index contributed by atoms with van der Waals surface area (Å²) in [7, 11) is 1.55. The molecule has 8 heteroatoms. The molecule has 0 saturated carbocycles. The number of aliphatic hydroxyl groups excluding tert-OH is 1. The molecule has 3 aliphatic heterocycles. The number of fused-ring (bicyclic) bond motifs is 1. The molecular formula is C20H33N3O5. The molecule has 28 heavy (non-hydrogen) atoms. The second-order valence-corrected chi connectivity index (χ2v) is 9.83. The molecule has 158 valence electrons. The van der Waals surface area contributed by atoms with Gasteiger partial charge < -0.3 is 25.4 Å². The standard InChI is InChI=1S/C20H33N3O5/c1-10-8-20-13(12(15(25)21-7)19(10,6)28-20)17(27)23(11(2)9-24)14(20)16(26)22-18(3,4)5/h10-14,24H,8-9H2,1-7H3,(H,21,25)(H,22,26)/t10?,11-,12-,13+,14?,19+,20?/m1/s1. The van der Waals surface area contributed by atoms with E-state index in [0.717, 1.165) is 0 Å². The van der Waals surface area contributed by atoms with E-state index < -0.39 is 40.7 Å². The maximum Gasteiger partial charge on any atom is 0.246 e. The first-order valence-corrected chi connectivity index (χ1v) is 10.0. The van der Waals surface area contributed by atoms with Gasteiger partial charge in [0.2, 0.25) is 17.7 Å². The minimum absolute atomic E-state index is 0.00756. The van der Waals surface area contributed by atoms with E-state index in [0.29, 0.717) is 6.42 Å². The zero-order valence-electron chi connectivity index (χ0n) is 17.8. The largest absolute Gasteiger partial charge is 0.394 e. The van der Waals surface area contributed by atoms with Crippen molar-refractivity contribution in [2.75, 3.05) is 13.7 Å². The van der Waals surface area contributed by atoms with Crippen LogP contribution in [0.5, 0.6) is 0 Å². The van der Waals surface area contributed by atoms with Crippen LogP contribution in [0.1, 0.15) is 48.0 Å². The van der Waals surface area contributed by atoms with Crippen molar-refractivity contribution >= 4 is 17.7 Å². The first-order valence-electron chi connectivity index (χ1n) is 10.0. The fourth-order valence-electron chi connectivity index (χ4n) is 5.53. The Morgan fingerprint density at radius 1 is 1.36 bits per heavy atom. The lowest BCUT2D eigenvalue weighted by molar-refractivity contribution is -0.150. The van der Waals surface area contributed by atoms with Crippen molar-refractivity contribution in [2.24, 2.45) is 17.8 Å². The molecule has 2 bridgehead atoms. The lowest BCUT2D eigenvalue weighted by atomic mass is 9.62. The highest BCUT2D eigenvalue weighted by atomic mass is 16.5. The highest BCUT2D eigenvalue weighted by Crippen LogP contribution is 2.65. The van der Waals surface area contributed by atoms with Crippen molar-refractivity contribution in [1.29, 1.82) is 0 Å². The van der Waals surface area contributed by atoms with Gasteiger partial charge in [-0.1, -0.05) is 6.92 Å². The summed E-state index contributed by atoms with van der Waals surface area (Å²) >= 11 is 0. The molecule has 3 rings (SSSR count). The van der Waals surface area contributed by atoms with Crippen LogP contribution < -0.4 is 10.6 Å². The van der Waals surface area contributed by atoms with Crippen LogP contribution in [0.15, 0.2) is 0 Å². The van der Waals surface area contributed by atoms with E-state index in [4.69, 9.17) is 4.74 Å². The summed E-state index contributed by atoms with van der Waals surface area (Å²) in [5, 5.41) is 15.4. The molecule has 3 heterocycles. The summed E-state index contributed by atoms with van der Waals surface area (Å²) in [5.41, 5.74) is -2.37. The third-order valence-corrected chi connectivity index (χ3v) is 6.77. The van der Waals surface area contributed by atoms with Crippen molar-refractivity contribution in [2.45, 2.75) is 76.8 Å². The summed E-state index contributed by atoms with van der Waals surface area (Å²) in [6, 6.07) is -1.44. The van der Waals surface area contributed by atoms with Gasteiger partial charge in [0.15, 0.2) is 0 Å². The predicted molar refractivity (Wildman–Crippen MR) is 102 cm³/mol. The number of nitrogens with one attached hydrogen (secondary N) is 2. The SMILES string of the molecule is CNC(=O)[C@H]1[C@H]2C(=O)N([C@H](C)CO)C(C(=O)NC(C)(C)C)C23CC(C)[C@]1(C)O3. The number of hydrogen-bond acceptors (Lipinski definition) is 5. The van der Waals surface area contributed by atoms with E-state index in [1.165, 1.54) is 4.90 Å². The minimum Gasteiger partial charge on any atom is -0.394 e. The average molecular weight is 396 g/mol. The number of rotatable bonds is 4. The number of nitrogens with zero attached hydrogens (tertiary/aromatic N) is 1. The molecule has 3 amide bonds. The molecule has 3 fully saturated rings. The van der Waals surface area contributed by atoms with Gasteiger partial charge in [-0.15, -0.1) is 0 Å². The number of likely N-dealkylation sites (tertiary alicyclic amines) is 1. The van der Waals surface area contributed by atoms with Crippen molar-refractivity contribution in [1.82, 2.24) is 15.5 Å². The number of hydrogen-bond donors (Lipinski definition) is 3. The van der Waals surface area contributed by atoms with Crippen LogP contribution in [0.3, 0.4) is 0 Å². The number of carbonyl (C=O) groups is 3. The molecule has 0 aromatic rings. The van der Waals surface area contributed by atoms with Gasteiger partial charge in [0.1, 0.15) is 11.6 Å². The second-order valence-electron chi connectivity index (χ2n) is 9.83. The quantitative estimate of drug-likeness (QED) is 0.623. The van der Waals surface area contributed by atoms with Gasteiger partial charge in [-0.05, 0) is 47.0 Å². The van der Waals surface area contributed by atoms with Crippen molar-refractivity contribution in [3.8, 4) is 0 Å². The third-order valence-electron chi connectivity index (χ3n) is 6.77. The number of amides is 3. The van der Waals surface area contributed by atoms with Crippen molar-refractivity contribution in [3.05, 3.63) is 0 Å². The van der Waals surface area contributed by atoms with Crippen LogP contribution in [-0.2, 0) is 19.1 Å². The van der Waals surface area contributed by atoms with Gasteiger partial charge in [0, 0.05) is 12.6 Å². The Morgan fingerprint density at radius 2 is 1.96 bits per heavy atom. The molecule has 7 atom stereocenters. The van der Waals surface area contributed by atoms with Crippen LogP contribution >= 0.6 is 0 Å². The Hall–Kier alpha value is -1.67. The average Bonchev–Trinajstić information content (AvgIpc) is 3.09. The van der Waals surface area contributed by atoms with Gasteiger partial charge in [0.05, 0.1) is 30.1 Å². The molecule has 0 aromatic heterocycles. The maximum atomic E-state index is 13.5. The molecule has 8 nitrogen and oxygen atoms in total. The highest BCUT2D eigenvalue weighted by molar-refractivity contribution is 5.99. The summed E-state index contributed by atoms with van der Waals surface area (Å²) in [6.07, 6.45) is 0.518. The normalized spacial score (nSPS) is 40.4. The van der Waals surface area contributed by atoms with Crippen LogP contribution in [0, 0.1) is 17.8 Å². The number of aliphatic hydroxyl groups is 1. The van der Waals surface area contributed by atoms with E-state index in [1.54, 1.807) is 14.0 Å². The minimum atomic E-state index is -1.07. The Bertz CT molecular complexity index is 704. The third kappa shape index (κ3) is 2.68. The first-order chi connectivity index (χ1) is 12.8. The predicted octanol–water partition coefficient (Wildman–Crippen LogP) is 0.0386. The van der Waals surface area contributed by atoms with Gasteiger partial charge in [0.25, 0.3) is 0 Å². The van der Waals surface area contributed by atoms with Crippen LogP contribution in [0.4, 0.5) is 0 Å². The number of carbonyl (C=O) groups excluding carboxylic acids is 3. The molecule has 0 aliphatic carbocycles. The monoisotopic (exact) mass is 395 g/mol. The summed E-state index contributed by atoms with van der Waals surface area (Å²) in [5.74, 6) is -2.25. The molecule has 0 radical (unpaired) electrons. The zero-order chi connectivity index (χ0) is 21.2. The van der Waals surface area contributed by atoms with E-state index in [1.807, 2.05) is 34.6 Å². The number of ether oxygens (including phenoxy) is 1. The van der Waals surface area contributed by atoms with Crippen molar-refractivity contribution < 1.29 is 24.2 Å². The van der Waals surface area contributed by atoms with Gasteiger partial charge in [-0.2, -0.15) is 0 Å². The fourth-order valence-corrected chi connectivity index (χ4v) is 5.53.